The van der Waals surface area contributed by atoms with Gasteiger partial charge < -0.3 is 5.43 Å². The average molecular weight is 122 g/mol. The Kier molecular flexibility index (Phi) is 2.10. The zero-order chi connectivity index (χ0) is 6.53. The molecule has 0 aromatic carbocycles. The monoisotopic (exact) mass is 122 g/mol. The summed E-state index contributed by atoms with van der Waals surface area (Å²) in [5, 5.41) is 0. The molecule has 0 aliphatic heterocycles. The van der Waals surface area contributed by atoms with Gasteiger partial charge in [-0.25, -0.2) is 0 Å². The van der Waals surface area contributed by atoms with E-state index in [9.17, 15) is 0 Å². The molecule has 48 valence electrons. The molecule has 0 atom stereocenters. The van der Waals surface area contributed by atoms with Crippen LogP contribution in [0.2, 0.25) is 0 Å². The van der Waals surface area contributed by atoms with E-state index in [2.05, 4.69) is 11.5 Å². The van der Waals surface area contributed by atoms with Crippen molar-refractivity contribution >= 4 is 0 Å². The Morgan fingerprint density at radius 1 is 1.44 bits per heavy atom. The maximum absolute atomic E-state index is 5.18. The second-order valence-corrected chi connectivity index (χ2v) is 1.83. The summed E-state index contributed by atoms with van der Waals surface area (Å²) in [6, 6.07) is 0. The van der Waals surface area contributed by atoms with E-state index in [1.54, 1.807) is 0 Å². The molecule has 2 nitrogen and oxygen atoms in total. The van der Waals surface area contributed by atoms with Crippen LogP contribution in [0, 0.1) is 0 Å². The van der Waals surface area contributed by atoms with Gasteiger partial charge in [-0.3, -0.25) is 5.84 Å². The summed E-state index contributed by atoms with van der Waals surface area (Å²) >= 11 is 0. The van der Waals surface area contributed by atoms with Gasteiger partial charge in [-0.2, -0.15) is 0 Å². The van der Waals surface area contributed by atoms with Crippen LogP contribution in [-0.2, 0) is 0 Å². The van der Waals surface area contributed by atoms with Crippen molar-refractivity contribution in [1.82, 2.24) is 5.43 Å². The SMILES string of the molecule is NNC1=CCC=CC=C1. The first-order valence-electron chi connectivity index (χ1n) is 2.93. The molecule has 1 aliphatic carbocycles. The molecule has 0 spiro atoms. The van der Waals surface area contributed by atoms with Crippen molar-refractivity contribution in [2.45, 2.75) is 6.42 Å². The van der Waals surface area contributed by atoms with Crippen LogP contribution in [0.5, 0.6) is 0 Å². The molecule has 0 aromatic heterocycles. The van der Waals surface area contributed by atoms with Crippen molar-refractivity contribution in [2.75, 3.05) is 0 Å². The van der Waals surface area contributed by atoms with E-state index >= 15 is 0 Å². The second kappa shape index (κ2) is 3.10. The molecule has 9 heavy (non-hydrogen) atoms. The van der Waals surface area contributed by atoms with Crippen molar-refractivity contribution in [3.05, 3.63) is 36.1 Å². The van der Waals surface area contributed by atoms with Crippen molar-refractivity contribution in [2.24, 2.45) is 5.84 Å². The predicted molar refractivity (Wildman–Crippen MR) is 38.3 cm³/mol. The van der Waals surface area contributed by atoms with Gasteiger partial charge >= 0.3 is 0 Å². The molecular weight excluding hydrogens is 112 g/mol. The number of nitrogens with two attached hydrogens (primary N) is 1. The highest BCUT2D eigenvalue weighted by molar-refractivity contribution is 5.24. The number of hydrazine groups is 1. The van der Waals surface area contributed by atoms with E-state index in [4.69, 9.17) is 5.84 Å². The molecule has 0 aromatic rings. The third kappa shape index (κ3) is 1.74. The van der Waals surface area contributed by atoms with Crippen LogP contribution < -0.4 is 11.3 Å². The topological polar surface area (TPSA) is 38.0 Å². The van der Waals surface area contributed by atoms with E-state index in [-0.39, 0.29) is 0 Å². The quantitative estimate of drug-likeness (QED) is 0.399. The Hall–Kier alpha value is -1.02. The minimum Gasteiger partial charge on any atom is -0.324 e. The van der Waals surface area contributed by atoms with Gasteiger partial charge in [0.2, 0.25) is 0 Å². The fourth-order valence-corrected chi connectivity index (χ4v) is 0.686. The molecular formula is C7H10N2. The third-order valence-corrected chi connectivity index (χ3v) is 1.16. The fraction of sp³-hybridized carbons (Fsp3) is 0.143. The highest BCUT2D eigenvalue weighted by atomic mass is 15.2. The van der Waals surface area contributed by atoms with Crippen molar-refractivity contribution in [3.63, 3.8) is 0 Å². The van der Waals surface area contributed by atoms with Crippen LogP contribution in [0.25, 0.3) is 0 Å². The van der Waals surface area contributed by atoms with Gasteiger partial charge in [-0.1, -0.05) is 24.3 Å². The molecule has 1 rings (SSSR count). The molecule has 0 saturated heterocycles. The Balaban J connectivity index is 2.63. The first-order valence-corrected chi connectivity index (χ1v) is 2.93. The highest BCUT2D eigenvalue weighted by Crippen LogP contribution is 1.99. The number of allylic oxidation sites excluding steroid dienone is 5. The first-order chi connectivity index (χ1) is 4.43. The molecule has 2 heteroatoms. The Morgan fingerprint density at radius 3 is 3.11 bits per heavy atom. The lowest BCUT2D eigenvalue weighted by Gasteiger charge is -1.95. The minimum atomic E-state index is 0.951. The second-order valence-electron chi connectivity index (χ2n) is 1.83. The summed E-state index contributed by atoms with van der Waals surface area (Å²) < 4.78 is 0. The fourth-order valence-electron chi connectivity index (χ4n) is 0.686. The first kappa shape index (κ1) is 6.11. The van der Waals surface area contributed by atoms with Gasteiger partial charge in [0.05, 0.1) is 0 Å². The Labute approximate surface area is 54.7 Å². The van der Waals surface area contributed by atoms with Gasteiger partial charge in [0.25, 0.3) is 0 Å². The average Bonchev–Trinajstić information content (AvgIpc) is 2.13. The molecule has 0 saturated carbocycles. The molecule has 0 bridgehead atoms. The third-order valence-electron chi connectivity index (χ3n) is 1.16. The minimum absolute atomic E-state index is 0.951. The van der Waals surface area contributed by atoms with Crippen LogP contribution in [0.15, 0.2) is 36.1 Å². The predicted octanol–water partition coefficient (Wildman–Crippen LogP) is 0.850. The van der Waals surface area contributed by atoms with Gasteiger partial charge in [-0.15, -0.1) is 0 Å². The largest absolute Gasteiger partial charge is 0.324 e. The number of nitrogens with one attached hydrogen (secondary N) is 1. The van der Waals surface area contributed by atoms with E-state index in [0.717, 1.165) is 12.1 Å². The van der Waals surface area contributed by atoms with E-state index in [1.807, 2.05) is 24.3 Å². The zero-order valence-corrected chi connectivity index (χ0v) is 5.17. The summed E-state index contributed by atoms with van der Waals surface area (Å²) in [5.41, 5.74) is 3.55. The van der Waals surface area contributed by atoms with Crippen LogP contribution in [0.1, 0.15) is 6.42 Å². The lowest BCUT2D eigenvalue weighted by atomic mass is 10.3. The molecule has 3 N–H and O–H groups in total. The molecule has 0 unspecified atom stereocenters. The lowest BCUT2D eigenvalue weighted by Crippen LogP contribution is -2.19. The van der Waals surface area contributed by atoms with Crippen molar-refractivity contribution in [3.8, 4) is 0 Å². The van der Waals surface area contributed by atoms with Crippen LogP contribution in [-0.4, -0.2) is 0 Å². The zero-order valence-electron chi connectivity index (χ0n) is 5.17. The maximum Gasteiger partial charge on any atom is 0.0448 e. The number of hydrogen-bond acceptors (Lipinski definition) is 2. The highest BCUT2D eigenvalue weighted by Gasteiger charge is 1.86. The van der Waals surface area contributed by atoms with Gasteiger partial charge in [0.15, 0.2) is 0 Å². The van der Waals surface area contributed by atoms with Gasteiger partial charge in [-0.05, 0) is 12.5 Å². The number of hydrogen-bond donors (Lipinski definition) is 2. The molecule has 0 heterocycles. The molecule has 0 fully saturated rings. The van der Waals surface area contributed by atoms with E-state index in [0.29, 0.717) is 0 Å². The van der Waals surface area contributed by atoms with Crippen LogP contribution in [0.4, 0.5) is 0 Å². The molecule has 0 radical (unpaired) electrons. The standard InChI is InChI=1S/C7H10N2/c8-9-7-5-3-1-2-4-6-7/h1-3,5-6,9H,4,8H2. The summed E-state index contributed by atoms with van der Waals surface area (Å²) in [7, 11) is 0. The lowest BCUT2D eigenvalue weighted by molar-refractivity contribution is 0.910. The smallest absolute Gasteiger partial charge is 0.0448 e. The van der Waals surface area contributed by atoms with Gasteiger partial charge in [0.1, 0.15) is 0 Å². The Morgan fingerprint density at radius 2 is 2.33 bits per heavy atom. The maximum atomic E-state index is 5.18. The van der Waals surface area contributed by atoms with Crippen molar-refractivity contribution in [1.29, 1.82) is 0 Å². The summed E-state index contributed by atoms with van der Waals surface area (Å²) in [6.07, 6.45) is 10.9. The summed E-state index contributed by atoms with van der Waals surface area (Å²) in [6.45, 7) is 0. The molecule has 0 amide bonds. The van der Waals surface area contributed by atoms with Crippen LogP contribution in [0.3, 0.4) is 0 Å². The molecule has 1 aliphatic rings. The van der Waals surface area contributed by atoms with E-state index in [1.165, 1.54) is 0 Å². The summed E-state index contributed by atoms with van der Waals surface area (Å²) in [5.74, 6) is 5.18. The normalized spacial score (nSPS) is 16.8. The Bertz CT molecular complexity index is 166. The summed E-state index contributed by atoms with van der Waals surface area (Å²) in [4.78, 5) is 0. The van der Waals surface area contributed by atoms with Crippen molar-refractivity contribution < 1.29 is 0 Å². The number of rotatable bonds is 1. The van der Waals surface area contributed by atoms with Crippen LogP contribution >= 0.6 is 0 Å². The van der Waals surface area contributed by atoms with Gasteiger partial charge in [0, 0.05) is 5.70 Å². The van der Waals surface area contributed by atoms with E-state index < -0.39 is 0 Å².